The van der Waals surface area contributed by atoms with Crippen LogP contribution in [-0.4, -0.2) is 53.5 Å². The Kier molecular flexibility index (Phi) is 9.78. The third-order valence-electron chi connectivity index (χ3n) is 6.41. The molecule has 4 N–H and O–H groups in total. The molecule has 10 nitrogen and oxygen atoms in total. The van der Waals surface area contributed by atoms with Gasteiger partial charge in [0, 0.05) is 17.3 Å². The molecule has 1 aliphatic rings. The van der Waals surface area contributed by atoms with E-state index in [0.29, 0.717) is 35.4 Å². The minimum atomic E-state index is -1.36. The van der Waals surface area contributed by atoms with Crippen LogP contribution in [-0.2, 0) is 19.1 Å². The first-order valence-electron chi connectivity index (χ1n) is 13.0. The molecule has 3 rings (SSSR count). The number of rotatable bonds is 10. The van der Waals surface area contributed by atoms with E-state index in [1.807, 2.05) is 0 Å². The number of nitrogens with zero attached hydrogens (tertiary/aromatic N) is 1. The second kappa shape index (κ2) is 13.0. The van der Waals surface area contributed by atoms with Crippen molar-refractivity contribution in [3.05, 3.63) is 59.7 Å². The van der Waals surface area contributed by atoms with Crippen molar-refractivity contribution in [3.63, 3.8) is 0 Å². The molecule has 1 saturated carbocycles. The van der Waals surface area contributed by atoms with Crippen LogP contribution < -0.4 is 21.1 Å². The zero-order valence-corrected chi connectivity index (χ0v) is 23.2. The zero-order chi connectivity index (χ0) is 29.4. The minimum absolute atomic E-state index is 0.333. The van der Waals surface area contributed by atoms with Gasteiger partial charge < -0.3 is 30.7 Å². The minimum Gasteiger partial charge on any atom is -0.497 e. The number of ether oxygens (including phenoxy) is 2. The predicted molar refractivity (Wildman–Crippen MR) is 150 cm³/mol. The van der Waals surface area contributed by atoms with Crippen LogP contribution in [0.2, 0.25) is 0 Å². The molecule has 40 heavy (non-hydrogen) atoms. The number of carbonyl (C=O) groups excluding carboxylic acids is 4. The van der Waals surface area contributed by atoms with Crippen LogP contribution >= 0.6 is 0 Å². The van der Waals surface area contributed by atoms with E-state index in [1.165, 1.54) is 12.0 Å². The molecular weight excluding hydrogens is 512 g/mol. The highest BCUT2D eigenvalue weighted by Crippen LogP contribution is 2.35. The molecule has 0 bridgehead atoms. The Bertz CT molecular complexity index is 1270. The van der Waals surface area contributed by atoms with Crippen LogP contribution in [0.4, 0.5) is 10.5 Å². The van der Waals surface area contributed by atoms with Crippen molar-refractivity contribution in [1.82, 2.24) is 10.2 Å². The number of nitrogens with two attached hydrogens (primary N) is 1. The number of anilines is 1. The van der Waals surface area contributed by atoms with E-state index >= 15 is 0 Å². The van der Waals surface area contributed by atoms with Gasteiger partial charge >= 0.3 is 6.09 Å². The lowest BCUT2D eigenvalue weighted by Gasteiger charge is -2.43. The van der Waals surface area contributed by atoms with Crippen LogP contribution in [0, 0.1) is 12.3 Å². The van der Waals surface area contributed by atoms with Crippen molar-refractivity contribution in [1.29, 1.82) is 0 Å². The number of nitrogens with one attached hydrogen (secondary N) is 2. The quantitative estimate of drug-likeness (QED) is 0.388. The molecule has 0 aliphatic heterocycles. The fourth-order valence-corrected chi connectivity index (χ4v) is 4.38. The van der Waals surface area contributed by atoms with E-state index in [-0.39, 0.29) is 6.04 Å². The van der Waals surface area contributed by atoms with Gasteiger partial charge in [0.05, 0.1) is 13.5 Å². The third kappa shape index (κ3) is 7.76. The highest BCUT2D eigenvalue weighted by molar-refractivity contribution is 6.00. The fraction of sp³-hybridized carbons (Fsp3) is 0.400. The smallest absolute Gasteiger partial charge is 0.408 e. The van der Waals surface area contributed by atoms with E-state index in [4.69, 9.17) is 21.6 Å². The standard InChI is InChI=1S/C30H36N4O6/c1-6-19-10-7-8-13-23(19)26(27(36)32-20-14-16-22(39-5)17-15-20)34(21-11-9-12-21)28(37)24(18-25(31)35)33-29(38)40-30(2,3)4/h1,7-8,10,13-17,21,24,26H,9,11-12,18H2,2-5H3,(H2,31,35)(H,32,36)(H,33,38). The van der Waals surface area contributed by atoms with Gasteiger partial charge in [0.25, 0.3) is 5.91 Å². The average Bonchev–Trinajstić information content (AvgIpc) is 2.85. The summed E-state index contributed by atoms with van der Waals surface area (Å²) in [5.41, 5.74) is 5.96. The van der Waals surface area contributed by atoms with Gasteiger partial charge in [-0.05, 0) is 75.9 Å². The van der Waals surface area contributed by atoms with Crippen molar-refractivity contribution in [3.8, 4) is 18.1 Å². The predicted octanol–water partition coefficient (Wildman–Crippen LogP) is 3.51. The van der Waals surface area contributed by atoms with Gasteiger partial charge in [-0.1, -0.05) is 24.1 Å². The lowest BCUT2D eigenvalue weighted by atomic mass is 9.87. The number of benzene rings is 2. The Morgan fingerprint density at radius 1 is 1.10 bits per heavy atom. The third-order valence-corrected chi connectivity index (χ3v) is 6.41. The van der Waals surface area contributed by atoms with Crippen LogP contribution in [0.15, 0.2) is 48.5 Å². The summed E-state index contributed by atoms with van der Waals surface area (Å²) >= 11 is 0. The molecule has 2 aromatic rings. The molecule has 10 heteroatoms. The molecule has 0 radical (unpaired) electrons. The first-order valence-corrected chi connectivity index (χ1v) is 13.0. The average molecular weight is 549 g/mol. The Hall–Kier alpha value is -4.52. The van der Waals surface area contributed by atoms with E-state index in [1.54, 1.807) is 69.3 Å². The molecule has 0 saturated heterocycles. The van der Waals surface area contributed by atoms with Crippen LogP contribution in [0.1, 0.15) is 63.6 Å². The summed E-state index contributed by atoms with van der Waals surface area (Å²) in [6, 6.07) is 10.7. The maximum absolute atomic E-state index is 14.2. The van der Waals surface area contributed by atoms with Gasteiger partial charge in [-0.3, -0.25) is 14.4 Å². The first-order chi connectivity index (χ1) is 18.9. The van der Waals surface area contributed by atoms with Crippen molar-refractivity contribution < 1.29 is 28.7 Å². The summed E-state index contributed by atoms with van der Waals surface area (Å²) in [4.78, 5) is 54.2. The Labute approximate surface area is 234 Å². The van der Waals surface area contributed by atoms with E-state index < -0.39 is 47.9 Å². The van der Waals surface area contributed by atoms with E-state index in [0.717, 1.165) is 6.42 Å². The second-order valence-electron chi connectivity index (χ2n) is 10.6. The van der Waals surface area contributed by atoms with Gasteiger partial charge in [-0.15, -0.1) is 6.42 Å². The number of methoxy groups -OCH3 is 1. The molecule has 0 heterocycles. The van der Waals surface area contributed by atoms with Crippen LogP contribution in [0.5, 0.6) is 5.75 Å². The fourth-order valence-electron chi connectivity index (χ4n) is 4.38. The first kappa shape index (κ1) is 30.0. The van der Waals surface area contributed by atoms with Gasteiger partial charge in [0.15, 0.2) is 0 Å². The summed E-state index contributed by atoms with van der Waals surface area (Å²) in [6.45, 7) is 5.03. The van der Waals surface area contributed by atoms with Crippen molar-refractivity contribution >= 4 is 29.5 Å². The zero-order valence-electron chi connectivity index (χ0n) is 23.2. The monoisotopic (exact) mass is 548 g/mol. The van der Waals surface area contributed by atoms with Crippen LogP contribution in [0.25, 0.3) is 0 Å². The summed E-state index contributed by atoms with van der Waals surface area (Å²) in [5.74, 6) is 1.26. The van der Waals surface area contributed by atoms with Crippen molar-refractivity contribution in [2.24, 2.45) is 5.73 Å². The molecule has 4 amide bonds. The number of terminal acetylenes is 1. The SMILES string of the molecule is C#Cc1ccccc1C(C(=O)Nc1ccc(OC)cc1)N(C(=O)C(CC(N)=O)NC(=O)OC(C)(C)C)C1CCC1. The van der Waals surface area contributed by atoms with Crippen LogP contribution in [0.3, 0.4) is 0 Å². The molecule has 2 aromatic carbocycles. The Morgan fingerprint density at radius 2 is 1.75 bits per heavy atom. The number of amides is 4. The normalized spacial score (nSPS) is 14.5. The number of alkyl carbamates (subject to hydrolysis) is 1. The molecule has 2 unspecified atom stereocenters. The highest BCUT2D eigenvalue weighted by Gasteiger charge is 2.43. The molecule has 1 fully saturated rings. The molecule has 0 aromatic heterocycles. The Balaban J connectivity index is 2.06. The summed E-state index contributed by atoms with van der Waals surface area (Å²) in [6.07, 6.45) is 6.53. The lowest BCUT2D eigenvalue weighted by molar-refractivity contribution is -0.146. The summed E-state index contributed by atoms with van der Waals surface area (Å²) in [5, 5.41) is 5.36. The molecule has 1 aliphatic carbocycles. The molecule has 0 spiro atoms. The van der Waals surface area contributed by atoms with Gasteiger partial charge in [-0.2, -0.15) is 0 Å². The Morgan fingerprint density at radius 3 is 2.27 bits per heavy atom. The maximum Gasteiger partial charge on any atom is 0.408 e. The van der Waals surface area contributed by atoms with Gasteiger partial charge in [-0.25, -0.2) is 4.79 Å². The number of hydrogen-bond donors (Lipinski definition) is 3. The number of carbonyl (C=O) groups is 4. The number of hydrogen-bond acceptors (Lipinski definition) is 6. The van der Waals surface area contributed by atoms with Crippen molar-refractivity contribution in [2.45, 2.75) is 70.2 Å². The van der Waals surface area contributed by atoms with Crippen molar-refractivity contribution in [2.75, 3.05) is 12.4 Å². The summed E-state index contributed by atoms with van der Waals surface area (Å²) < 4.78 is 10.5. The number of primary amides is 1. The van der Waals surface area contributed by atoms with Gasteiger partial charge in [0.2, 0.25) is 11.8 Å². The van der Waals surface area contributed by atoms with E-state index in [2.05, 4.69) is 16.6 Å². The van der Waals surface area contributed by atoms with E-state index in [9.17, 15) is 19.2 Å². The topological polar surface area (TPSA) is 140 Å². The largest absolute Gasteiger partial charge is 0.497 e. The highest BCUT2D eigenvalue weighted by atomic mass is 16.6. The second-order valence-corrected chi connectivity index (χ2v) is 10.6. The summed E-state index contributed by atoms with van der Waals surface area (Å²) in [7, 11) is 1.54. The molecular formula is C30H36N4O6. The molecule has 2 atom stereocenters. The maximum atomic E-state index is 14.2. The molecule has 212 valence electrons. The van der Waals surface area contributed by atoms with Gasteiger partial charge in [0.1, 0.15) is 23.4 Å². The lowest BCUT2D eigenvalue weighted by Crippen LogP contribution is -2.57.